The van der Waals surface area contributed by atoms with Gasteiger partial charge in [0.15, 0.2) is 11.5 Å². The molecule has 0 atom stereocenters. The molecular formula is C21H22N4O4S. The van der Waals surface area contributed by atoms with E-state index in [9.17, 15) is 4.79 Å². The first-order chi connectivity index (χ1) is 14.5. The van der Waals surface area contributed by atoms with Gasteiger partial charge >= 0.3 is 0 Å². The highest BCUT2D eigenvalue weighted by Gasteiger charge is 2.12. The van der Waals surface area contributed by atoms with Gasteiger partial charge in [0.1, 0.15) is 0 Å². The standard InChI is InChI=1S/C21H22N4O4S/c1-13(26)23-16-7-5-15(6-8-16)17-12-30-21(24-17)25-22-11-14-9-18(27-2)20(29-4)19(10-14)28-3/h5-12H,1-4H3,(H,23,26)(H,24,25)/b22-11-. The van der Waals surface area contributed by atoms with Crippen molar-refractivity contribution in [3.8, 4) is 28.5 Å². The minimum atomic E-state index is -0.104. The monoisotopic (exact) mass is 426 g/mol. The van der Waals surface area contributed by atoms with Gasteiger partial charge in [0.25, 0.3) is 0 Å². The van der Waals surface area contributed by atoms with Gasteiger partial charge < -0.3 is 19.5 Å². The minimum absolute atomic E-state index is 0.104. The summed E-state index contributed by atoms with van der Waals surface area (Å²) < 4.78 is 16.0. The summed E-state index contributed by atoms with van der Waals surface area (Å²) in [5, 5.41) is 9.57. The number of hydrogen-bond donors (Lipinski definition) is 2. The first-order valence-electron chi connectivity index (χ1n) is 8.96. The van der Waals surface area contributed by atoms with Gasteiger partial charge in [0.2, 0.25) is 16.8 Å². The first-order valence-corrected chi connectivity index (χ1v) is 9.84. The molecule has 156 valence electrons. The number of hydrogen-bond acceptors (Lipinski definition) is 8. The van der Waals surface area contributed by atoms with Crippen molar-refractivity contribution in [3.05, 3.63) is 47.3 Å². The van der Waals surface area contributed by atoms with Crippen LogP contribution in [0, 0.1) is 0 Å². The Balaban J connectivity index is 1.69. The van der Waals surface area contributed by atoms with Crippen LogP contribution in [0.2, 0.25) is 0 Å². The van der Waals surface area contributed by atoms with Crippen LogP contribution in [0.1, 0.15) is 12.5 Å². The summed E-state index contributed by atoms with van der Waals surface area (Å²) in [7, 11) is 4.69. The van der Waals surface area contributed by atoms with E-state index in [1.165, 1.54) is 18.3 Å². The molecule has 1 amide bonds. The molecule has 0 aliphatic carbocycles. The molecule has 8 nitrogen and oxygen atoms in total. The van der Waals surface area contributed by atoms with Crippen molar-refractivity contribution in [2.24, 2.45) is 5.10 Å². The summed E-state index contributed by atoms with van der Waals surface area (Å²) in [5.74, 6) is 1.53. The molecular weight excluding hydrogens is 404 g/mol. The van der Waals surface area contributed by atoms with E-state index in [2.05, 4.69) is 20.8 Å². The lowest BCUT2D eigenvalue weighted by Crippen LogP contribution is -2.05. The third kappa shape index (κ3) is 5.06. The fourth-order valence-electron chi connectivity index (χ4n) is 2.72. The first kappa shape index (κ1) is 21.1. The van der Waals surface area contributed by atoms with Gasteiger partial charge in [-0.3, -0.25) is 10.2 Å². The molecule has 0 spiro atoms. The Labute approximate surface area is 178 Å². The Hall–Kier alpha value is -3.59. The zero-order valence-electron chi connectivity index (χ0n) is 17.1. The van der Waals surface area contributed by atoms with Crippen LogP contribution in [-0.4, -0.2) is 38.4 Å². The maximum absolute atomic E-state index is 11.1. The van der Waals surface area contributed by atoms with Crippen molar-refractivity contribution >= 4 is 34.3 Å². The van der Waals surface area contributed by atoms with Crippen LogP contribution < -0.4 is 25.0 Å². The summed E-state index contributed by atoms with van der Waals surface area (Å²) in [4.78, 5) is 15.6. The van der Waals surface area contributed by atoms with Crippen LogP contribution in [0.3, 0.4) is 0 Å². The molecule has 0 fully saturated rings. The molecule has 2 N–H and O–H groups in total. The van der Waals surface area contributed by atoms with Crippen LogP contribution in [0.25, 0.3) is 11.3 Å². The number of rotatable bonds is 8. The van der Waals surface area contributed by atoms with Crippen LogP contribution in [0.4, 0.5) is 10.8 Å². The molecule has 3 rings (SSSR count). The lowest BCUT2D eigenvalue weighted by atomic mass is 10.1. The Morgan fingerprint density at radius 1 is 1.07 bits per heavy atom. The van der Waals surface area contributed by atoms with Gasteiger partial charge in [-0.25, -0.2) is 4.98 Å². The van der Waals surface area contributed by atoms with E-state index >= 15 is 0 Å². The molecule has 1 heterocycles. The van der Waals surface area contributed by atoms with Crippen molar-refractivity contribution in [2.45, 2.75) is 6.92 Å². The summed E-state index contributed by atoms with van der Waals surface area (Å²) >= 11 is 1.44. The fraction of sp³-hybridized carbons (Fsp3) is 0.190. The van der Waals surface area contributed by atoms with Crippen molar-refractivity contribution < 1.29 is 19.0 Å². The number of methoxy groups -OCH3 is 3. The molecule has 0 radical (unpaired) electrons. The van der Waals surface area contributed by atoms with E-state index in [-0.39, 0.29) is 5.91 Å². The number of nitrogens with zero attached hydrogens (tertiary/aromatic N) is 2. The predicted molar refractivity (Wildman–Crippen MR) is 119 cm³/mol. The van der Waals surface area contributed by atoms with Crippen LogP contribution >= 0.6 is 11.3 Å². The third-order valence-corrected chi connectivity index (χ3v) is 4.81. The lowest BCUT2D eigenvalue weighted by Gasteiger charge is -2.12. The average molecular weight is 426 g/mol. The number of amides is 1. The Morgan fingerprint density at radius 2 is 1.73 bits per heavy atom. The second kappa shape index (κ2) is 9.75. The topological polar surface area (TPSA) is 94.1 Å². The maximum Gasteiger partial charge on any atom is 0.221 e. The quantitative estimate of drug-likeness (QED) is 0.413. The molecule has 30 heavy (non-hydrogen) atoms. The minimum Gasteiger partial charge on any atom is -0.493 e. The van der Waals surface area contributed by atoms with Crippen molar-refractivity contribution in [1.29, 1.82) is 0 Å². The number of carbonyl (C=O) groups is 1. The van der Waals surface area contributed by atoms with E-state index in [0.29, 0.717) is 22.4 Å². The van der Waals surface area contributed by atoms with Gasteiger partial charge in [-0.05, 0) is 24.3 Å². The molecule has 0 bridgehead atoms. The maximum atomic E-state index is 11.1. The van der Waals surface area contributed by atoms with Gasteiger partial charge in [-0.15, -0.1) is 11.3 Å². The van der Waals surface area contributed by atoms with Crippen molar-refractivity contribution in [3.63, 3.8) is 0 Å². The summed E-state index contributed by atoms with van der Waals surface area (Å²) in [5.41, 5.74) is 6.22. The van der Waals surface area contributed by atoms with Crippen LogP contribution in [0.5, 0.6) is 17.2 Å². The summed E-state index contributed by atoms with van der Waals surface area (Å²) in [6.07, 6.45) is 1.65. The third-order valence-electron chi connectivity index (χ3n) is 4.07. The number of thiazole rings is 1. The van der Waals surface area contributed by atoms with Crippen LogP contribution in [0.15, 0.2) is 46.9 Å². The average Bonchev–Trinajstić information content (AvgIpc) is 3.22. The smallest absolute Gasteiger partial charge is 0.221 e. The number of nitrogens with one attached hydrogen (secondary N) is 2. The molecule has 0 aliphatic heterocycles. The summed E-state index contributed by atoms with van der Waals surface area (Å²) in [6.45, 7) is 1.48. The molecule has 1 aromatic heterocycles. The van der Waals surface area contributed by atoms with E-state index in [4.69, 9.17) is 14.2 Å². The molecule has 0 unspecified atom stereocenters. The highest BCUT2D eigenvalue weighted by atomic mass is 32.1. The fourth-order valence-corrected chi connectivity index (χ4v) is 3.39. The predicted octanol–water partition coefficient (Wildman–Crippen LogP) is 4.24. The molecule has 0 saturated carbocycles. The van der Waals surface area contributed by atoms with Gasteiger partial charge in [0.05, 0.1) is 33.2 Å². The zero-order chi connectivity index (χ0) is 21.5. The van der Waals surface area contributed by atoms with E-state index in [1.54, 1.807) is 39.7 Å². The molecule has 0 aliphatic rings. The zero-order valence-corrected chi connectivity index (χ0v) is 17.9. The van der Waals surface area contributed by atoms with Crippen molar-refractivity contribution in [2.75, 3.05) is 32.1 Å². The highest BCUT2D eigenvalue weighted by Crippen LogP contribution is 2.37. The second-order valence-electron chi connectivity index (χ2n) is 6.13. The Morgan fingerprint density at radius 3 is 2.30 bits per heavy atom. The number of carbonyl (C=O) groups excluding carboxylic acids is 1. The lowest BCUT2D eigenvalue weighted by molar-refractivity contribution is -0.114. The van der Waals surface area contributed by atoms with Crippen LogP contribution in [-0.2, 0) is 4.79 Å². The van der Waals surface area contributed by atoms with E-state index in [1.807, 2.05) is 29.6 Å². The SMILES string of the molecule is COc1cc(/C=N\Nc2nc(-c3ccc(NC(C)=O)cc3)cs2)cc(OC)c1OC. The number of aromatic nitrogens is 1. The number of anilines is 2. The Bertz CT molecular complexity index is 1020. The Kier molecular flexibility index (Phi) is 6.87. The number of ether oxygens (including phenoxy) is 3. The highest BCUT2D eigenvalue weighted by molar-refractivity contribution is 7.14. The normalized spacial score (nSPS) is 10.7. The van der Waals surface area contributed by atoms with Gasteiger partial charge in [0, 0.05) is 29.1 Å². The largest absolute Gasteiger partial charge is 0.493 e. The van der Waals surface area contributed by atoms with Gasteiger partial charge in [-0.1, -0.05) is 12.1 Å². The second-order valence-corrected chi connectivity index (χ2v) is 6.98. The number of benzene rings is 2. The molecule has 2 aromatic carbocycles. The van der Waals surface area contributed by atoms with Gasteiger partial charge in [-0.2, -0.15) is 5.10 Å². The summed E-state index contributed by atoms with van der Waals surface area (Å²) in [6, 6.07) is 11.1. The molecule has 3 aromatic rings. The van der Waals surface area contributed by atoms with E-state index < -0.39 is 0 Å². The number of hydrazone groups is 1. The molecule has 9 heteroatoms. The molecule has 0 saturated heterocycles. The van der Waals surface area contributed by atoms with Crippen molar-refractivity contribution in [1.82, 2.24) is 4.98 Å². The van der Waals surface area contributed by atoms with E-state index in [0.717, 1.165) is 22.5 Å².